The predicted molar refractivity (Wildman–Crippen MR) is 84.5 cm³/mol. The number of rotatable bonds is 6. The van der Waals surface area contributed by atoms with Crippen LogP contribution in [0.2, 0.25) is 0 Å². The van der Waals surface area contributed by atoms with Crippen molar-refractivity contribution in [1.29, 1.82) is 0 Å². The fourth-order valence-corrected chi connectivity index (χ4v) is 3.34. The van der Waals surface area contributed by atoms with Gasteiger partial charge in [0.05, 0.1) is 31.3 Å². The average Bonchev–Trinajstić information content (AvgIpc) is 2.52. The Bertz CT molecular complexity index is 436. The highest BCUT2D eigenvalue weighted by Gasteiger charge is 2.28. The van der Waals surface area contributed by atoms with Gasteiger partial charge in [0.25, 0.3) is 0 Å². The molecule has 2 unspecified atom stereocenters. The summed E-state index contributed by atoms with van der Waals surface area (Å²) in [7, 11) is 0. The number of nitrogens with one attached hydrogen (secondary N) is 1. The Morgan fingerprint density at radius 3 is 2.68 bits per heavy atom. The van der Waals surface area contributed by atoms with Gasteiger partial charge >= 0.3 is 5.97 Å². The molecule has 0 amide bonds. The topological polar surface area (TPSA) is 30.7 Å². The van der Waals surface area contributed by atoms with Gasteiger partial charge in [-0.1, -0.05) is 32.0 Å². The lowest BCUT2D eigenvalue weighted by molar-refractivity contribution is -0.934. The maximum atomic E-state index is 11.8. The molecule has 1 heterocycles. The van der Waals surface area contributed by atoms with Gasteiger partial charge in [-0.25, -0.2) is 4.79 Å². The van der Waals surface area contributed by atoms with E-state index in [2.05, 4.69) is 13.8 Å². The van der Waals surface area contributed by atoms with E-state index in [0.717, 1.165) is 24.9 Å². The molecule has 0 aromatic heterocycles. The second-order valence-corrected chi connectivity index (χ2v) is 6.36. The molecular weight excluding hydrogens is 298 g/mol. The van der Waals surface area contributed by atoms with E-state index in [0.29, 0.717) is 12.2 Å². The zero-order valence-electron chi connectivity index (χ0n) is 13.7. The van der Waals surface area contributed by atoms with Crippen LogP contribution in [0, 0.1) is 5.92 Å². The van der Waals surface area contributed by atoms with Gasteiger partial charge in [0, 0.05) is 12.3 Å². The van der Waals surface area contributed by atoms with Crippen molar-refractivity contribution in [3.63, 3.8) is 0 Å². The summed E-state index contributed by atoms with van der Waals surface area (Å²) >= 11 is 0. The molecule has 4 heteroatoms. The number of carbonyl (C=O) groups is 1. The summed E-state index contributed by atoms with van der Waals surface area (Å²) in [5, 5.41) is 0. The molecule has 1 aliphatic heterocycles. The summed E-state index contributed by atoms with van der Waals surface area (Å²) < 4.78 is 5.36. The molecular formula is C18H28ClNO2. The SMILES string of the molecule is CC(C)C1CCCC[NH+]1CCCOC(=O)c1ccccc1.[Cl-]. The third kappa shape index (κ3) is 5.62. The first kappa shape index (κ1) is 19.0. The van der Waals surface area contributed by atoms with Crippen LogP contribution in [-0.2, 0) is 4.74 Å². The van der Waals surface area contributed by atoms with Crippen molar-refractivity contribution in [2.75, 3.05) is 19.7 Å². The third-order valence-electron chi connectivity index (χ3n) is 4.48. The summed E-state index contributed by atoms with van der Waals surface area (Å²) in [5.41, 5.74) is 0.642. The highest BCUT2D eigenvalue weighted by Crippen LogP contribution is 2.10. The van der Waals surface area contributed by atoms with E-state index >= 15 is 0 Å². The number of benzene rings is 1. The van der Waals surface area contributed by atoms with Crippen LogP contribution in [0.1, 0.15) is 49.9 Å². The molecule has 2 atom stereocenters. The third-order valence-corrected chi connectivity index (χ3v) is 4.48. The Morgan fingerprint density at radius 2 is 2.00 bits per heavy atom. The van der Waals surface area contributed by atoms with E-state index in [1.54, 1.807) is 17.0 Å². The maximum Gasteiger partial charge on any atom is 0.338 e. The fourth-order valence-electron chi connectivity index (χ4n) is 3.34. The van der Waals surface area contributed by atoms with Crippen LogP contribution in [0.25, 0.3) is 0 Å². The molecule has 22 heavy (non-hydrogen) atoms. The first-order valence-electron chi connectivity index (χ1n) is 8.25. The number of hydrogen-bond donors (Lipinski definition) is 1. The number of esters is 1. The van der Waals surface area contributed by atoms with Crippen LogP contribution in [0.5, 0.6) is 0 Å². The molecule has 124 valence electrons. The molecule has 1 N–H and O–H groups in total. The minimum Gasteiger partial charge on any atom is -1.00 e. The predicted octanol–water partition coefficient (Wildman–Crippen LogP) is -0.669. The summed E-state index contributed by atoms with van der Waals surface area (Å²) in [6.45, 7) is 7.57. The van der Waals surface area contributed by atoms with Crippen molar-refractivity contribution in [3.8, 4) is 0 Å². The van der Waals surface area contributed by atoms with Crippen LogP contribution in [0.15, 0.2) is 30.3 Å². The summed E-state index contributed by atoms with van der Waals surface area (Å²) in [6.07, 6.45) is 5.01. The van der Waals surface area contributed by atoms with Crippen LogP contribution >= 0.6 is 0 Å². The Balaban J connectivity index is 0.00000242. The van der Waals surface area contributed by atoms with E-state index < -0.39 is 0 Å². The Labute approximate surface area is 140 Å². The number of carbonyl (C=O) groups excluding carboxylic acids is 1. The standard InChI is InChI=1S/C18H27NO2.ClH/c1-15(2)17-11-6-7-12-19(17)13-8-14-21-18(20)16-9-4-3-5-10-16;/h3-5,9-10,15,17H,6-8,11-14H2,1-2H3;1H. The van der Waals surface area contributed by atoms with Gasteiger partial charge in [-0.3, -0.25) is 0 Å². The summed E-state index contributed by atoms with van der Waals surface area (Å²) in [5.74, 6) is 0.539. The van der Waals surface area contributed by atoms with Gasteiger partial charge in [-0.15, -0.1) is 0 Å². The van der Waals surface area contributed by atoms with E-state index in [-0.39, 0.29) is 18.4 Å². The lowest BCUT2D eigenvalue weighted by Gasteiger charge is -2.35. The van der Waals surface area contributed by atoms with Crippen LogP contribution in [-0.4, -0.2) is 31.7 Å². The van der Waals surface area contributed by atoms with Gasteiger partial charge in [-0.2, -0.15) is 0 Å². The highest BCUT2D eigenvalue weighted by atomic mass is 35.5. The van der Waals surface area contributed by atoms with Crippen molar-refractivity contribution in [3.05, 3.63) is 35.9 Å². The molecule has 1 aromatic carbocycles. The van der Waals surface area contributed by atoms with Gasteiger partial charge < -0.3 is 22.0 Å². The smallest absolute Gasteiger partial charge is 0.338 e. The summed E-state index contributed by atoms with van der Waals surface area (Å²) in [4.78, 5) is 13.5. The Morgan fingerprint density at radius 1 is 1.27 bits per heavy atom. The monoisotopic (exact) mass is 325 g/mol. The van der Waals surface area contributed by atoms with Gasteiger partial charge in [0.2, 0.25) is 0 Å². The van der Waals surface area contributed by atoms with Crippen molar-refractivity contribution in [2.45, 2.75) is 45.6 Å². The summed E-state index contributed by atoms with van der Waals surface area (Å²) in [6, 6.07) is 10.0. The highest BCUT2D eigenvalue weighted by molar-refractivity contribution is 5.89. The molecule has 2 rings (SSSR count). The Hall–Kier alpha value is -1.06. The van der Waals surface area contributed by atoms with Crippen molar-refractivity contribution >= 4 is 5.97 Å². The minimum absolute atomic E-state index is 0. The van der Waals surface area contributed by atoms with Gasteiger partial charge in [0.1, 0.15) is 0 Å². The molecule has 3 nitrogen and oxygen atoms in total. The Kier molecular flexibility index (Phi) is 8.51. The minimum atomic E-state index is -0.204. The largest absolute Gasteiger partial charge is 1.00 e. The van der Waals surface area contributed by atoms with Crippen molar-refractivity contribution in [1.82, 2.24) is 0 Å². The van der Waals surface area contributed by atoms with Gasteiger partial charge in [0.15, 0.2) is 0 Å². The average molecular weight is 326 g/mol. The first-order valence-corrected chi connectivity index (χ1v) is 8.25. The van der Waals surface area contributed by atoms with Crippen molar-refractivity contribution < 1.29 is 26.8 Å². The van der Waals surface area contributed by atoms with Gasteiger partial charge in [-0.05, 0) is 31.4 Å². The normalized spacial score (nSPS) is 21.2. The quantitative estimate of drug-likeness (QED) is 0.555. The first-order chi connectivity index (χ1) is 10.2. The number of piperidine rings is 1. The zero-order valence-corrected chi connectivity index (χ0v) is 14.4. The molecule has 1 fully saturated rings. The molecule has 0 saturated carbocycles. The van der Waals surface area contributed by atoms with E-state index in [9.17, 15) is 4.79 Å². The zero-order chi connectivity index (χ0) is 15.1. The molecule has 1 saturated heterocycles. The number of ether oxygens (including phenoxy) is 1. The fraction of sp³-hybridized carbons (Fsp3) is 0.611. The van der Waals surface area contributed by atoms with Crippen LogP contribution < -0.4 is 17.3 Å². The molecule has 0 spiro atoms. The molecule has 1 aliphatic rings. The lowest BCUT2D eigenvalue weighted by Crippen LogP contribution is -3.17. The number of likely N-dealkylation sites (tertiary alicyclic amines) is 1. The molecule has 0 bridgehead atoms. The number of hydrogen-bond acceptors (Lipinski definition) is 2. The van der Waals surface area contributed by atoms with E-state index in [4.69, 9.17) is 4.74 Å². The van der Waals surface area contributed by atoms with E-state index in [1.807, 2.05) is 18.2 Å². The van der Waals surface area contributed by atoms with Crippen LogP contribution in [0.3, 0.4) is 0 Å². The maximum absolute atomic E-state index is 11.8. The second kappa shape index (κ2) is 9.86. The molecule has 0 radical (unpaired) electrons. The van der Waals surface area contributed by atoms with Crippen LogP contribution in [0.4, 0.5) is 0 Å². The second-order valence-electron chi connectivity index (χ2n) is 6.36. The lowest BCUT2D eigenvalue weighted by atomic mass is 9.93. The van der Waals surface area contributed by atoms with Crippen molar-refractivity contribution in [2.24, 2.45) is 5.92 Å². The molecule has 0 aliphatic carbocycles. The number of quaternary nitrogens is 1. The molecule has 1 aromatic rings. The van der Waals surface area contributed by atoms with E-state index in [1.165, 1.54) is 25.8 Å². The number of halogens is 1.